The Balaban J connectivity index is 1.42. The number of carbonyl (C=O) groups excluding carboxylic acids is 2. The zero-order valence-corrected chi connectivity index (χ0v) is 23.9. The van der Waals surface area contributed by atoms with Gasteiger partial charge in [0.25, 0.3) is 12.3 Å². The lowest BCUT2D eigenvalue weighted by atomic mass is 9.80. The predicted octanol–water partition coefficient (Wildman–Crippen LogP) is 4.14. The largest absolute Gasteiger partial charge is 0.494 e. The van der Waals surface area contributed by atoms with Crippen molar-refractivity contribution in [2.45, 2.75) is 42.5 Å². The van der Waals surface area contributed by atoms with E-state index in [0.29, 0.717) is 17.0 Å². The van der Waals surface area contributed by atoms with Gasteiger partial charge in [-0.3, -0.25) is 14.3 Å². The monoisotopic (exact) mass is 649 g/mol. The fourth-order valence-corrected chi connectivity index (χ4v) is 5.36. The molecule has 0 saturated heterocycles. The van der Waals surface area contributed by atoms with Crippen LogP contribution in [0.4, 0.5) is 26.3 Å². The molecular formula is C30H25F6N5O5. The van der Waals surface area contributed by atoms with Gasteiger partial charge in [-0.05, 0) is 55.3 Å². The average Bonchev–Trinajstić information content (AvgIpc) is 3.64. The number of aromatic nitrogens is 3. The minimum Gasteiger partial charge on any atom is -0.494 e. The second-order valence-corrected chi connectivity index (χ2v) is 11.2. The molecule has 1 saturated carbocycles. The normalized spacial score (nSPS) is 19.1. The molecule has 2 amide bonds. The number of hydrogen-bond donors (Lipinski definition) is 3. The molecule has 0 bridgehead atoms. The number of halogens is 6. The predicted molar refractivity (Wildman–Crippen MR) is 149 cm³/mol. The number of nitrogens with one attached hydrogen (secondary N) is 1. The van der Waals surface area contributed by atoms with Crippen molar-refractivity contribution in [3.63, 3.8) is 0 Å². The first-order chi connectivity index (χ1) is 21.7. The van der Waals surface area contributed by atoms with E-state index < -0.39 is 77.1 Å². The number of carbonyl (C=O) groups is 2. The van der Waals surface area contributed by atoms with E-state index in [9.17, 15) is 41.0 Å². The molecule has 3 heterocycles. The summed E-state index contributed by atoms with van der Waals surface area (Å²) in [6.45, 7) is -2.55. The topological polar surface area (TPSA) is 142 Å². The minimum atomic E-state index is -5.55. The molecule has 0 spiro atoms. The number of benzene rings is 2. The lowest BCUT2D eigenvalue weighted by Crippen LogP contribution is -2.52. The third kappa shape index (κ3) is 4.96. The first-order valence-electron chi connectivity index (χ1n) is 13.9. The van der Waals surface area contributed by atoms with Gasteiger partial charge in [-0.2, -0.15) is 18.3 Å². The summed E-state index contributed by atoms with van der Waals surface area (Å²) < 4.78 is 99.1. The number of nitrogens with zero attached hydrogens (tertiary/aromatic N) is 3. The highest BCUT2D eigenvalue weighted by Crippen LogP contribution is 2.50. The van der Waals surface area contributed by atoms with Gasteiger partial charge in [-0.15, -0.1) is 0 Å². The van der Waals surface area contributed by atoms with Crippen molar-refractivity contribution in [3.05, 3.63) is 71.3 Å². The Morgan fingerprint density at radius 2 is 1.89 bits per heavy atom. The van der Waals surface area contributed by atoms with Crippen molar-refractivity contribution >= 4 is 22.7 Å². The van der Waals surface area contributed by atoms with E-state index in [1.807, 2.05) is 0 Å². The smallest absolute Gasteiger partial charge is 0.424 e. The Labute approximate surface area is 256 Å². The van der Waals surface area contributed by atoms with Gasteiger partial charge in [-0.1, -0.05) is 0 Å². The molecule has 4 N–H and O–H groups in total. The highest BCUT2D eigenvalue weighted by atomic mass is 19.4. The van der Waals surface area contributed by atoms with Crippen LogP contribution in [0.3, 0.4) is 0 Å². The Kier molecular flexibility index (Phi) is 7.37. The zero-order valence-electron chi connectivity index (χ0n) is 23.9. The summed E-state index contributed by atoms with van der Waals surface area (Å²) in [5.74, 6) is -3.66. The maximum atomic E-state index is 14.7. The van der Waals surface area contributed by atoms with Crippen LogP contribution in [0.5, 0.6) is 11.5 Å². The number of primary amides is 1. The van der Waals surface area contributed by atoms with Crippen molar-refractivity contribution < 1.29 is 50.5 Å². The van der Waals surface area contributed by atoms with E-state index >= 15 is 0 Å². The summed E-state index contributed by atoms with van der Waals surface area (Å²) >= 11 is 0. The van der Waals surface area contributed by atoms with Crippen LogP contribution in [-0.4, -0.2) is 64.5 Å². The number of pyridine rings is 1. The number of aliphatic hydroxyl groups is 1. The van der Waals surface area contributed by atoms with Crippen molar-refractivity contribution in [3.8, 4) is 22.8 Å². The van der Waals surface area contributed by atoms with Crippen LogP contribution in [0.2, 0.25) is 0 Å². The SMILES string of the molecule is COc1cc(C(=O)NCC(O)(c2cc3c(c(-c4ccc(F)cc4)n2)OCC3(C(N)=O)C(F)F)C(F)(F)F)cc2cn(C3CC3)nc12. The minimum absolute atomic E-state index is 0.0743. The summed E-state index contributed by atoms with van der Waals surface area (Å²) in [5, 5.41) is 18.2. The Hall–Kier alpha value is -4.86. The van der Waals surface area contributed by atoms with E-state index in [1.54, 1.807) is 10.9 Å². The third-order valence-electron chi connectivity index (χ3n) is 8.22. The number of nitrogens with two attached hydrogens (primary N) is 1. The van der Waals surface area contributed by atoms with Crippen molar-refractivity contribution in [2.75, 3.05) is 20.3 Å². The molecule has 2 aromatic heterocycles. The van der Waals surface area contributed by atoms with Crippen LogP contribution in [-0.2, 0) is 15.8 Å². The van der Waals surface area contributed by atoms with Crippen LogP contribution in [0.1, 0.15) is 40.5 Å². The van der Waals surface area contributed by atoms with Crippen LogP contribution in [0, 0.1) is 5.82 Å². The number of ether oxygens (including phenoxy) is 2. The molecular weight excluding hydrogens is 624 g/mol. The molecule has 46 heavy (non-hydrogen) atoms. The second kappa shape index (κ2) is 10.9. The molecule has 2 aliphatic rings. The van der Waals surface area contributed by atoms with E-state index in [1.165, 1.54) is 19.2 Å². The lowest BCUT2D eigenvalue weighted by Gasteiger charge is -2.32. The molecule has 4 aromatic rings. The zero-order chi connectivity index (χ0) is 33.2. The van der Waals surface area contributed by atoms with Crippen molar-refractivity contribution in [1.29, 1.82) is 0 Å². The van der Waals surface area contributed by atoms with Crippen LogP contribution in [0.15, 0.2) is 48.7 Å². The van der Waals surface area contributed by atoms with Gasteiger partial charge in [0.15, 0.2) is 5.41 Å². The average molecular weight is 650 g/mol. The van der Waals surface area contributed by atoms with Gasteiger partial charge >= 0.3 is 6.18 Å². The molecule has 1 aliphatic carbocycles. The van der Waals surface area contributed by atoms with E-state index in [4.69, 9.17) is 15.2 Å². The molecule has 1 fully saturated rings. The van der Waals surface area contributed by atoms with Gasteiger partial charge in [0.2, 0.25) is 11.5 Å². The van der Waals surface area contributed by atoms with E-state index in [-0.39, 0.29) is 22.9 Å². The van der Waals surface area contributed by atoms with Gasteiger partial charge in [0.1, 0.15) is 35.1 Å². The maximum Gasteiger partial charge on any atom is 0.424 e. The number of methoxy groups -OCH3 is 1. The van der Waals surface area contributed by atoms with Crippen molar-refractivity contribution in [1.82, 2.24) is 20.1 Å². The molecule has 0 radical (unpaired) electrons. The first-order valence-corrected chi connectivity index (χ1v) is 13.9. The number of alkyl halides is 5. The molecule has 6 rings (SSSR count). The maximum absolute atomic E-state index is 14.7. The Bertz CT molecular complexity index is 1860. The summed E-state index contributed by atoms with van der Waals surface area (Å²) in [4.78, 5) is 29.5. The van der Waals surface area contributed by atoms with E-state index in [2.05, 4.69) is 15.4 Å². The third-order valence-corrected chi connectivity index (χ3v) is 8.22. The van der Waals surface area contributed by atoms with Crippen molar-refractivity contribution in [2.24, 2.45) is 5.73 Å². The van der Waals surface area contributed by atoms with Gasteiger partial charge in [0.05, 0.1) is 25.4 Å². The molecule has 16 heteroatoms. The number of hydrogen-bond acceptors (Lipinski definition) is 7. The number of fused-ring (bicyclic) bond motifs is 2. The van der Waals surface area contributed by atoms with Crippen LogP contribution in [0.25, 0.3) is 22.2 Å². The van der Waals surface area contributed by atoms with Crippen LogP contribution >= 0.6 is 0 Å². The molecule has 2 unspecified atom stereocenters. The lowest BCUT2D eigenvalue weighted by molar-refractivity contribution is -0.265. The summed E-state index contributed by atoms with van der Waals surface area (Å²) in [6, 6.07) is 7.41. The number of rotatable bonds is 9. The summed E-state index contributed by atoms with van der Waals surface area (Å²) in [5.41, 5.74) is -3.79. The first kappa shape index (κ1) is 31.1. The second-order valence-electron chi connectivity index (χ2n) is 11.2. The standard InChI is InChI=1S/C30H25F6N5O5/c1-45-20-9-15(8-16-11-41(18-6-7-18)40-22(16)20)25(42)38-12-29(44,30(34,35)36)21-10-19-24(46-13-28(19,26(32)33)27(37)43)23(39-21)14-2-4-17(31)5-3-14/h2-5,8-11,18,26,44H,6-7,12-13H2,1H3,(H2,37,43)(H,38,42). The highest BCUT2D eigenvalue weighted by Gasteiger charge is 2.60. The number of amides is 2. The quantitative estimate of drug-likeness (QED) is 0.232. The van der Waals surface area contributed by atoms with E-state index in [0.717, 1.165) is 37.1 Å². The summed E-state index contributed by atoms with van der Waals surface area (Å²) in [6.07, 6.45) is -5.56. The molecule has 242 valence electrons. The Morgan fingerprint density at radius 1 is 1.20 bits per heavy atom. The Morgan fingerprint density at radius 3 is 2.48 bits per heavy atom. The fraction of sp³-hybridized carbons (Fsp3) is 0.333. The molecule has 2 atom stereocenters. The van der Waals surface area contributed by atoms with Gasteiger partial charge < -0.3 is 25.6 Å². The fourth-order valence-electron chi connectivity index (χ4n) is 5.36. The molecule has 1 aliphatic heterocycles. The molecule has 2 aromatic carbocycles. The highest BCUT2D eigenvalue weighted by molar-refractivity contribution is 6.00. The van der Waals surface area contributed by atoms with Crippen LogP contribution < -0.4 is 20.5 Å². The summed E-state index contributed by atoms with van der Waals surface area (Å²) in [7, 11) is 1.34. The van der Waals surface area contributed by atoms with Gasteiger partial charge in [0, 0.05) is 28.3 Å². The molecule has 10 nitrogen and oxygen atoms in total. The van der Waals surface area contributed by atoms with Gasteiger partial charge in [-0.25, -0.2) is 18.2 Å².